The fraction of sp³-hybridized carbons (Fsp3) is 0.333. The SMILES string of the molecule is COc1ccccc1OCC(=O)N1CCN(CC(=O)c2cc(C)n(-c3ccc(F)cc3)c2C)CC1. The zero-order valence-corrected chi connectivity index (χ0v) is 20.3. The van der Waals surface area contributed by atoms with E-state index < -0.39 is 0 Å². The normalized spacial score (nSPS) is 14.1. The van der Waals surface area contributed by atoms with Crippen molar-refractivity contribution in [2.45, 2.75) is 13.8 Å². The first-order valence-electron chi connectivity index (χ1n) is 11.6. The third-order valence-corrected chi connectivity index (χ3v) is 6.33. The molecule has 1 aromatic heterocycles. The van der Waals surface area contributed by atoms with Crippen molar-refractivity contribution in [2.24, 2.45) is 0 Å². The zero-order chi connectivity index (χ0) is 24.9. The summed E-state index contributed by atoms with van der Waals surface area (Å²) in [6.07, 6.45) is 0. The number of hydrogen-bond acceptors (Lipinski definition) is 5. The molecule has 4 rings (SSSR count). The number of piperazine rings is 1. The molecule has 2 aromatic carbocycles. The highest BCUT2D eigenvalue weighted by Gasteiger charge is 2.25. The molecule has 1 fully saturated rings. The van der Waals surface area contributed by atoms with Crippen molar-refractivity contribution in [1.29, 1.82) is 0 Å². The average molecular weight is 480 g/mol. The Kier molecular flexibility index (Phi) is 7.51. The van der Waals surface area contributed by atoms with Crippen molar-refractivity contribution in [3.05, 3.63) is 77.4 Å². The van der Waals surface area contributed by atoms with E-state index in [1.54, 1.807) is 36.3 Å². The number of methoxy groups -OCH3 is 1. The predicted molar refractivity (Wildman–Crippen MR) is 131 cm³/mol. The predicted octanol–water partition coefficient (Wildman–Crippen LogP) is 3.65. The van der Waals surface area contributed by atoms with E-state index in [0.29, 0.717) is 43.2 Å². The van der Waals surface area contributed by atoms with Crippen molar-refractivity contribution in [3.8, 4) is 17.2 Å². The molecule has 184 valence electrons. The second kappa shape index (κ2) is 10.7. The first-order valence-corrected chi connectivity index (χ1v) is 11.6. The summed E-state index contributed by atoms with van der Waals surface area (Å²) in [7, 11) is 1.56. The summed E-state index contributed by atoms with van der Waals surface area (Å²) in [5.41, 5.74) is 3.24. The van der Waals surface area contributed by atoms with Crippen LogP contribution < -0.4 is 9.47 Å². The Balaban J connectivity index is 1.31. The molecule has 1 amide bonds. The number of para-hydroxylation sites is 2. The number of amides is 1. The number of Topliss-reactive ketones (excluding diaryl/α,β-unsaturated/α-hetero) is 1. The van der Waals surface area contributed by atoms with Gasteiger partial charge in [0.1, 0.15) is 5.82 Å². The van der Waals surface area contributed by atoms with Crippen LogP contribution in [0, 0.1) is 19.7 Å². The third-order valence-electron chi connectivity index (χ3n) is 6.33. The van der Waals surface area contributed by atoms with Crippen LogP contribution in [0.4, 0.5) is 4.39 Å². The fourth-order valence-electron chi connectivity index (χ4n) is 4.45. The molecular formula is C27H30FN3O4. The van der Waals surface area contributed by atoms with E-state index in [4.69, 9.17) is 9.47 Å². The topological polar surface area (TPSA) is 64.0 Å². The van der Waals surface area contributed by atoms with Crippen molar-refractivity contribution >= 4 is 11.7 Å². The summed E-state index contributed by atoms with van der Waals surface area (Å²) in [4.78, 5) is 29.5. The van der Waals surface area contributed by atoms with Crippen LogP contribution in [-0.2, 0) is 4.79 Å². The minimum Gasteiger partial charge on any atom is -0.493 e. The lowest BCUT2D eigenvalue weighted by Gasteiger charge is -2.34. The number of halogens is 1. The maximum Gasteiger partial charge on any atom is 0.260 e. The lowest BCUT2D eigenvalue weighted by Crippen LogP contribution is -2.51. The molecule has 0 spiro atoms. The van der Waals surface area contributed by atoms with E-state index in [2.05, 4.69) is 4.90 Å². The highest BCUT2D eigenvalue weighted by molar-refractivity contribution is 5.99. The second-order valence-corrected chi connectivity index (χ2v) is 8.62. The Hall–Kier alpha value is -3.65. The van der Waals surface area contributed by atoms with E-state index in [1.165, 1.54) is 12.1 Å². The fourth-order valence-corrected chi connectivity index (χ4v) is 4.45. The van der Waals surface area contributed by atoms with E-state index in [9.17, 15) is 14.0 Å². The van der Waals surface area contributed by atoms with Crippen molar-refractivity contribution < 1.29 is 23.5 Å². The van der Waals surface area contributed by atoms with Gasteiger partial charge in [-0.15, -0.1) is 0 Å². The number of aryl methyl sites for hydroxylation is 1. The number of aromatic nitrogens is 1. The number of ketones is 1. The van der Waals surface area contributed by atoms with Gasteiger partial charge in [-0.1, -0.05) is 12.1 Å². The van der Waals surface area contributed by atoms with Crippen LogP contribution in [0.2, 0.25) is 0 Å². The molecular weight excluding hydrogens is 449 g/mol. The molecule has 3 aromatic rings. The van der Waals surface area contributed by atoms with Crippen LogP contribution in [0.1, 0.15) is 21.7 Å². The molecule has 0 saturated carbocycles. The van der Waals surface area contributed by atoms with Crippen LogP contribution in [0.15, 0.2) is 54.6 Å². The van der Waals surface area contributed by atoms with Crippen molar-refractivity contribution in [2.75, 3.05) is 46.4 Å². The smallest absolute Gasteiger partial charge is 0.260 e. The largest absolute Gasteiger partial charge is 0.493 e. The summed E-state index contributed by atoms with van der Waals surface area (Å²) in [5.74, 6) is 0.764. The Morgan fingerprint density at radius 2 is 1.60 bits per heavy atom. The molecule has 7 nitrogen and oxygen atoms in total. The highest BCUT2D eigenvalue weighted by atomic mass is 19.1. The average Bonchev–Trinajstić information content (AvgIpc) is 3.17. The van der Waals surface area contributed by atoms with Gasteiger partial charge in [0.25, 0.3) is 5.91 Å². The van der Waals surface area contributed by atoms with Crippen molar-refractivity contribution in [1.82, 2.24) is 14.4 Å². The first kappa shape index (κ1) is 24.5. The number of carbonyl (C=O) groups is 2. The van der Waals surface area contributed by atoms with Gasteiger partial charge in [0.15, 0.2) is 23.9 Å². The molecule has 1 aliphatic heterocycles. The molecule has 0 N–H and O–H groups in total. The summed E-state index contributed by atoms with van der Waals surface area (Å²) < 4.78 is 26.2. The van der Waals surface area contributed by atoms with Gasteiger partial charge in [-0.3, -0.25) is 14.5 Å². The molecule has 0 aliphatic carbocycles. The maximum absolute atomic E-state index is 13.3. The molecule has 0 unspecified atom stereocenters. The van der Waals surface area contributed by atoms with Crippen LogP contribution in [-0.4, -0.2) is 72.5 Å². The number of benzene rings is 2. The van der Waals surface area contributed by atoms with E-state index in [1.807, 2.05) is 36.6 Å². The minimum absolute atomic E-state index is 0.0331. The van der Waals surface area contributed by atoms with Crippen LogP contribution in [0.5, 0.6) is 11.5 Å². The van der Waals surface area contributed by atoms with E-state index in [0.717, 1.165) is 17.1 Å². The molecule has 0 radical (unpaired) electrons. The molecule has 2 heterocycles. The van der Waals surface area contributed by atoms with Crippen LogP contribution in [0.25, 0.3) is 5.69 Å². The summed E-state index contributed by atoms with van der Waals surface area (Å²) >= 11 is 0. The maximum atomic E-state index is 13.3. The van der Waals surface area contributed by atoms with Gasteiger partial charge >= 0.3 is 0 Å². The molecule has 1 aliphatic rings. The van der Waals surface area contributed by atoms with Gasteiger partial charge in [-0.05, 0) is 56.3 Å². The van der Waals surface area contributed by atoms with E-state index >= 15 is 0 Å². The molecule has 1 saturated heterocycles. The Morgan fingerprint density at radius 1 is 0.943 bits per heavy atom. The number of nitrogens with zero attached hydrogens (tertiary/aromatic N) is 3. The zero-order valence-electron chi connectivity index (χ0n) is 20.3. The molecule has 0 bridgehead atoms. The monoisotopic (exact) mass is 479 g/mol. The first-order chi connectivity index (χ1) is 16.9. The van der Waals surface area contributed by atoms with Crippen LogP contribution in [0.3, 0.4) is 0 Å². The summed E-state index contributed by atoms with van der Waals surface area (Å²) in [5, 5.41) is 0. The van der Waals surface area contributed by atoms with Crippen molar-refractivity contribution in [3.63, 3.8) is 0 Å². The number of rotatable bonds is 8. The lowest BCUT2D eigenvalue weighted by molar-refractivity contribution is -0.135. The van der Waals surface area contributed by atoms with Gasteiger partial charge in [0, 0.05) is 48.8 Å². The standard InChI is InChI=1S/C27H30FN3O4/c1-19-16-23(20(2)31(19)22-10-8-21(28)9-11-22)24(32)17-29-12-14-30(15-13-29)27(33)18-35-26-7-5-4-6-25(26)34-3/h4-11,16H,12-15,17-18H2,1-3H3. The molecule has 0 atom stereocenters. The molecule has 8 heteroatoms. The number of hydrogen-bond donors (Lipinski definition) is 0. The third kappa shape index (κ3) is 5.54. The highest BCUT2D eigenvalue weighted by Crippen LogP contribution is 2.26. The van der Waals surface area contributed by atoms with Crippen LogP contribution >= 0.6 is 0 Å². The van der Waals surface area contributed by atoms with Gasteiger partial charge in [0.05, 0.1) is 13.7 Å². The van der Waals surface area contributed by atoms with E-state index in [-0.39, 0.29) is 30.7 Å². The summed E-state index contributed by atoms with van der Waals surface area (Å²) in [6, 6.07) is 15.3. The number of carbonyl (C=O) groups excluding carboxylic acids is 2. The van der Waals surface area contributed by atoms with Gasteiger partial charge in [0.2, 0.25) is 0 Å². The molecule has 35 heavy (non-hydrogen) atoms. The Labute approximate surface area is 204 Å². The van der Waals surface area contributed by atoms with Gasteiger partial charge in [-0.2, -0.15) is 0 Å². The Bertz CT molecular complexity index is 1200. The Morgan fingerprint density at radius 3 is 2.26 bits per heavy atom. The number of ether oxygens (including phenoxy) is 2. The summed E-state index contributed by atoms with van der Waals surface area (Å²) in [6.45, 7) is 6.37. The second-order valence-electron chi connectivity index (χ2n) is 8.62. The van der Waals surface area contributed by atoms with Gasteiger partial charge < -0.3 is 18.9 Å². The minimum atomic E-state index is -0.295. The lowest BCUT2D eigenvalue weighted by atomic mass is 10.1. The van der Waals surface area contributed by atoms with Gasteiger partial charge in [-0.25, -0.2) is 4.39 Å². The quantitative estimate of drug-likeness (QED) is 0.462.